The Balaban J connectivity index is 2.13. The molecule has 0 spiro atoms. The molecule has 2 heteroatoms. The lowest BCUT2D eigenvalue weighted by atomic mass is 9.97. The molecule has 2 bridgehead atoms. The van der Waals surface area contributed by atoms with Gasteiger partial charge in [-0.2, -0.15) is 0 Å². The van der Waals surface area contributed by atoms with Gasteiger partial charge in [-0.3, -0.25) is 0 Å². The molecule has 1 saturated heterocycles. The van der Waals surface area contributed by atoms with Gasteiger partial charge < -0.3 is 10.5 Å². The molecule has 1 saturated carbocycles. The minimum Gasteiger partial charge on any atom is -0.379 e. The second kappa shape index (κ2) is 1.70. The van der Waals surface area contributed by atoms with Crippen molar-refractivity contribution in [3.63, 3.8) is 0 Å². The second-order valence-corrected chi connectivity index (χ2v) is 3.49. The molecule has 1 aliphatic heterocycles. The minimum atomic E-state index is 0.0723. The summed E-state index contributed by atoms with van der Waals surface area (Å²) < 4.78 is 5.33. The van der Waals surface area contributed by atoms with Crippen molar-refractivity contribution in [1.29, 1.82) is 0 Å². The lowest BCUT2D eigenvalue weighted by Crippen LogP contribution is -2.44. The summed E-state index contributed by atoms with van der Waals surface area (Å²) in [5.74, 6) is 0.781. The Labute approximate surface area is 55.4 Å². The molecule has 0 radical (unpaired) electrons. The van der Waals surface area contributed by atoms with E-state index >= 15 is 0 Å². The summed E-state index contributed by atoms with van der Waals surface area (Å²) in [4.78, 5) is 0. The molecule has 2 aliphatic rings. The van der Waals surface area contributed by atoms with Crippen molar-refractivity contribution in [3.05, 3.63) is 0 Å². The second-order valence-electron chi connectivity index (χ2n) is 3.49. The van der Waals surface area contributed by atoms with E-state index in [1.807, 2.05) is 0 Å². The van der Waals surface area contributed by atoms with Crippen LogP contribution < -0.4 is 5.73 Å². The predicted molar refractivity (Wildman–Crippen MR) is 35.1 cm³/mol. The van der Waals surface area contributed by atoms with Gasteiger partial charge in [-0.25, -0.2) is 0 Å². The highest BCUT2D eigenvalue weighted by Gasteiger charge is 2.39. The molecule has 0 amide bonds. The lowest BCUT2D eigenvalue weighted by molar-refractivity contribution is 0.0341. The van der Waals surface area contributed by atoms with Crippen molar-refractivity contribution in [1.82, 2.24) is 0 Å². The van der Waals surface area contributed by atoms with E-state index < -0.39 is 0 Å². The topological polar surface area (TPSA) is 35.2 Å². The summed E-state index contributed by atoms with van der Waals surface area (Å²) in [7, 11) is 0. The van der Waals surface area contributed by atoms with Crippen LogP contribution in [-0.2, 0) is 4.74 Å². The van der Waals surface area contributed by atoms with Gasteiger partial charge in [0.1, 0.15) is 0 Å². The number of fused-ring (bicyclic) bond motifs is 2. The zero-order chi connectivity index (χ0) is 6.32. The number of hydrogen-bond acceptors (Lipinski definition) is 2. The van der Waals surface area contributed by atoms with Gasteiger partial charge in [-0.1, -0.05) is 0 Å². The van der Waals surface area contributed by atoms with Crippen molar-refractivity contribution in [2.45, 2.75) is 24.8 Å². The molecule has 0 aromatic carbocycles. The first kappa shape index (κ1) is 5.69. The monoisotopic (exact) mass is 127 g/mol. The van der Waals surface area contributed by atoms with E-state index in [1.165, 1.54) is 19.3 Å². The maximum Gasteiger partial charge on any atom is 0.0646 e. The van der Waals surface area contributed by atoms with Gasteiger partial charge in [0.2, 0.25) is 0 Å². The Bertz CT molecular complexity index is 122. The van der Waals surface area contributed by atoms with Crippen LogP contribution in [0.25, 0.3) is 0 Å². The van der Waals surface area contributed by atoms with Crippen LogP contribution in [0.1, 0.15) is 19.3 Å². The van der Waals surface area contributed by atoms with Crippen LogP contribution in [0.15, 0.2) is 0 Å². The van der Waals surface area contributed by atoms with E-state index in [0.29, 0.717) is 0 Å². The van der Waals surface area contributed by atoms with E-state index in [4.69, 9.17) is 10.5 Å². The van der Waals surface area contributed by atoms with E-state index in [0.717, 1.165) is 19.1 Å². The molecule has 1 aliphatic carbocycles. The van der Waals surface area contributed by atoms with Crippen LogP contribution in [0.3, 0.4) is 0 Å². The zero-order valence-electron chi connectivity index (χ0n) is 5.60. The molecule has 52 valence electrons. The molecular weight excluding hydrogens is 114 g/mol. The van der Waals surface area contributed by atoms with Gasteiger partial charge in [-0.05, 0) is 25.2 Å². The Kier molecular flexibility index (Phi) is 1.08. The maximum atomic E-state index is 5.98. The van der Waals surface area contributed by atoms with Gasteiger partial charge >= 0.3 is 0 Å². The summed E-state index contributed by atoms with van der Waals surface area (Å²) >= 11 is 0. The van der Waals surface area contributed by atoms with Crippen LogP contribution >= 0.6 is 0 Å². The van der Waals surface area contributed by atoms with Gasteiger partial charge in [0.25, 0.3) is 0 Å². The first-order chi connectivity index (χ1) is 4.29. The van der Waals surface area contributed by atoms with Gasteiger partial charge in [0.05, 0.1) is 6.61 Å². The summed E-state index contributed by atoms with van der Waals surface area (Å²) in [6.45, 7) is 1.75. The van der Waals surface area contributed by atoms with E-state index in [-0.39, 0.29) is 5.54 Å². The van der Waals surface area contributed by atoms with Gasteiger partial charge in [-0.15, -0.1) is 0 Å². The van der Waals surface area contributed by atoms with Crippen molar-refractivity contribution >= 4 is 0 Å². The molecule has 2 rings (SSSR count). The number of nitrogens with two attached hydrogens (primary N) is 1. The number of hydrogen-bond donors (Lipinski definition) is 1. The van der Waals surface area contributed by atoms with Crippen LogP contribution in [0, 0.1) is 5.92 Å². The molecule has 2 atom stereocenters. The van der Waals surface area contributed by atoms with E-state index in [9.17, 15) is 0 Å². The number of ether oxygens (including phenoxy) is 1. The first-order valence-corrected chi connectivity index (χ1v) is 3.65. The lowest BCUT2D eigenvalue weighted by Gasteiger charge is -2.28. The zero-order valence-corrected chi connectivity index (χ0v) is 5.60. The van der Waals surface area contributed by atoms with E-state index in [2.05, 4.69) is 0 Å². The molecule has 0 aromatic heterocycles. The third kappa shape index (κ3) is 0.864. The molecule has 2 fully saturated rings. The van der Waals surface area contributed by atoms with E-state index in [1.54, 1.807) is 0 Å². The average molecular weight is 127 g/mol. The van der Waals surface area contributed by atoms with Crippen molar-refractivity contribution < 1.29 is 4.74 Å². The van der Waals surface area contributed by atoms with Crippen LogP contribution in [0.2, 0.25) is 0 Å². The molecule has 1 heterocycles. The molecule has 2 N–H and O–H groups in total. The van der Waals surface area contributed by atoms with Crippen molar-refractivity contribution in [2.24, 2.45) is 11.7 Å². The van der Waals surface area contributed by atoms with Crippen molar-refractivity contribution in [3.8, 4) is 0 Å². The molecule has 2 unspecified atom stereocenters. The quantitative estimate of drug-likeness (QED) is 0.514. The van der Waals surface area contributed by atoms with Gasteiger partial charge in [0.15, 0.2) is 0 Å². The summed E-state index contributed by atoms with van der Waals surface area (Å²) in [6.07, 6.45) is 3.67. The van der Waals surface area contributed by atoms with Crippen LogP contribution in [-0.4, -0.2) is 18.8 Å². The first-order valence-electron chi connectivity index (χ1n) is 3.65. The largest absolute Gasteiger partial charge is 0.379 e. The summed E-state index contributed by atoms with van der Waals surface area (Å²) in [5.41, 5.74) is 6.05. The van der Waals surface area contributed by atoms with Crippen LogP contribution in [0.5, 0.6) is 0 Å². The van der Waals surface area contributed by atoms with Gasteiger partial charge in [0, 0.05) is 12.1 Å². The fraction of sp³-hybridized carbons (Fsp3) is 1.00. The highest BCUT2D eigenvalue weighted by atomic mass is 16.5. The standard InChI is InChI=1S/C7H13NO/c8-7-2-1-6(3-7)4-9-5-7/h6H,1-5,8H2. The maximum absolute atomic E-state index is 5.98. The third-order valence-corrected chi connectivity index (χ3v) is 2.49. The third-order valence-electron chi connectivity index (χ3n) is 2.49. The highest BCUT2D eigenvalue weighted by molar-refractivity contribution is 4.95. The molecule has 2 nitrogen and oxygen atoms in total. The Morgan fingerprint density at radius 1 is 1.56 bits per heavy atom. The Hall–Kier alpha value is -0.0800. The smallest absolute Gasteiger partial charge is 0.0646 e. The van der Waals surface area contributed by atoms with Crippen LogP contribution in [0.4, 0.5) is 0 Å². The fourth-order valence-corrected chi connectivity index (χ4v) is 1.97. The highest BCUT2D eigenvalue weighted by Crippen LogP contribution is 2.36. The summed E-state index contributed by atoms with van der Waals surface area (Å²) in [5, 5.41) is 0. The minimum absolute atomic E-state index is 0.0723. The Morgan fingerprint density at radius 3 is 3.11 bits per heavy atom. The number of rotatable bonds is 0. The molecule has 9 heavy (non-hydrogen) atoms. The van der Waals surface area contributed by atoms with Crippen molar-refractivity contribution in [2.75, 3.05) is 13.2 Å². The average Bonchev–Trinajstić information content (AvgIpc) is 2.07. The molecular formula is C7H13NO. The fourth-order valence-electron chi connectivity index (χ4n) is 1.97. The molecule has 0 aromatic rings. The normalized spacial score (nSPS) is 49.7. The SMILES string of the molecule is NC12CCC(COC1)C2. The Morgan fingerprint density at radius 2 is 2.44 bits per heavy atom. The summed E-state index contributed by atoms with van der Waals surface area (Å²) in [6, 6.07) is 0. The predicted octanol–water partition coefficient (Wildman–Crippen LogP) is 0.514.